The van der Waals surface area contributed by atoms with Crippen LogP contribution in [0.5, 0.6) is 5.75 Å². The van der Waals surface area contributed by atoms with Crippen LogP contribution in [-0.4, -0.2) is 13.2 Å². The Morgan fingerprint density at radius 1 is 1.14 bits per heavy atom. The van der Waals surface area contributed by atoms with Crippen molar-refractivity contribution in [1.82, 2.24) is 5.32 Å². The van der Waals surface area contributed by atoms with Gasteiger partial charge in [-0.15, -0.1) is 11.3 Å². The molecule has 0 aliphatic rings. The van der Waals surface area contributed by atoms with Crippen molar-refractivity contribution in [3.63, 3.8) is 0 Å². The Balaban J connectivity index is 1.66. The first-order chi connectivity index (χ1) is 10.2. The van der Waals surface area contributed by atoms with Crippen molar-refractivity contribution < 1.29 is 4.74 Å². The van der Waals surface area contributed by atoms with Gasteiger partial charge in [0.25, 0.3) is 0 Å². The van der Waals surface area contributed by atoms with E-state index in [0.717, 1.165) is 18.8 Å². The fourth-order valence-corrected chi connectivity index (χ4v) is 3.02. The largest absolute Gasteiger partial charge is 0.492 e. The summed E-state index contributed by atoms with van der Waals surface area (Å²) >= 11 is 1.85. The quantitative estimate of drug-likeness (QED) is 0.711. The highest BCUT2D eigenvalue weighted by molar-refractivity contribution is 7.11. The fourth-order valence-electron chi connectivity index (χ4n) is 2.16. The molecule has 3 heteroatoms. The first-order valence-electron chi connectivity index (χ1n) is 7.68. The van der Waals surface area contributed by atoms with Crippen LogP contribution in [0.15, 0.2) is 36.4 Å². The summed E-state index contributed by atoms with van der Waals surface area (Å²) in [5.41, 5.74) is 1.39. The standard InChI is InChI=1S/C18H25NOS/c1-4-14(2)16-6-8-17(9-7-16)20-12-11-19-13-18-10-5-15(3)21-18/h5-10,14,19H,4,11-13H2,1-3H3. The molecule has 0 aliphatic heterocycles. The van der Waals surface area contributed by atoms with E-state index < -0.39 is 0 Å². The number of thiophene rings is 1. The average molecular weight is 303 g/mol. The first kappa shape index (κ1) is 16.1. The second-order valence-corrected chi connectivity index (χ2v) is 6.79. The van der Waals surface area contributed by atoms with Crippen molar-refractivity contribution >= 4 is 11.3 Å². The Morgan fingerprint density at radius 3 is 2.52 bits per heavy atom. The van der Waals surface area contributed by atoms with E-state index in [1.54, 1.807) is 0 Å². The number of nitrogens with one attached hydrogen (secondary N) is 1. The lowest BCUT2D eigenvalue weighted by Gasteiger charge is -2.11. The van der Waals surface area contributed by atoms with Crippen molar-refractivity contribution in [2.75, 3.05) is 13.2 Å². The summed E-state index contributed by atoms with van der Waals surface area (Å²) in [6.45, 7) is 9.11. The Bertz CT molecular complexity index is 532. The van der Waals surface area contributed by atoms with Gasteiger partial charge in [-0.3, -0.25) is 0 Å². The zero-order chi connectivity index (χ0) is 15.1. The summed E-state index contributed by atoms with van der Waals surface area (Å²) in [5.74, 6) is 1.57. The molecule has 1 heterocycles. The highest BCUT2D eigenvalue weighted by Crippen LogP contribution is 2.21. The van der Waals surface area contributed by atoms with Crippen LogP contribution in [0.25, 0.3) is 0 Å². The Morgan fingerprint density at radius 2 is 1.90 bits per heavy atom. The van der Waals surface area contributed by atoms with Gasteiger partial charge in [0.05, 0.1) is 0 Å². The van der Waals surface area contributed by atoms with E-state index in [1.165, 1.54) is 21.7 Å². The van der Waals surface area contributed by atoms with Gasteiger partial charge in [-0.05, 0) is 49.1 Å². The molecular formula is C18H25NOS. The normalized spacial score (nSPS) is 12.3. The van der Waals surface area contributed by atoms with Crippen LogP contribution in [0.1, 0.15) is 41.5 Å². The monoisotopic (exact) mass is 303 g/mol. The third-order valence-electron chi connectivity index (χ3n) is 3.70. The number of aryl methyl sites for hydroxylation is 1. The van der Waals surface area contributed by atoms with Crippen LogP contribution < -0.4 is 10.1 Å². The highest BCUT2D eigenvalue weighted by Gasteiger charge is 2.02. The van der Waals surface area contributed by atoms with E-state index in [9.17, 15) is 0 Å². The van der Waals surface area contributed by atoms with Gasteiger partial charge in [0, 0.05) is 22.8 Å². The van der Waals surface area contributed by atoms with Gasteiger partial charge in [0.1, 0.15) is 12.4 Å². The molecule has 1 unspecified atom stereocenters. The van der Waals surface area contributed by atoms with Crippen molar-refractivity contribution in [3.8, 4) is 5.75 Å². The zero-order valence-corrected chi connectivity index (χ0v) is 14.0. The summed E-state index contributed by atoms with van der Waals surface area (Å²) < 4.78 is 5.76. The summed E-state index contributed by atoms with van der Waals surface area (Å²) in [6, 6.07) is 12.8. The average Bonchev–Trinajstić information content (AvgIpc) is 2.92. The number of ether oxygens (including phenoxy) is 1. The smallest absolute Gasteiger partial charge is 0.119 e. The molecular weight excluding hydrogens is 278 g/mol. The number of hydrogen-bond acceptors (Lipinski definition) is 3. The van der Waals surface area contributed by atoms with Gasteiger partial charge in [-0.2, -0.15) is 0 Å². The maximum Gasteiger partial charge on any atom is 0.119 e. The van der Waals surface area contributed by atoms with Gasteiger partial charge >= 0.3 is 0 Å². The van der Waals surface area contributed by atoms with Crippen LogP contribution in [0, 0.1) is 6.92 Å². The van der Waals surface area contributed by atoms with Gasteiger partial charge < -0.3 is 10.1 Å². The van der Waals surface area contributed by atoms with Gasteiger partial charge in [-0.25, -0.2) is 0 Å². The Hall–Kier alpha value is -1.32. The van der Waals surface area contributed by atoms with E-state index >= 15 is 0 Å². The maximum atomic E-state index is 5.76. The number of hydrogen-bond donors (Lipinski definition) is 1. The fraction of sp³-hybridized carbons (Fsp3) is 0.444. The molecule has 21 heavy (non-hydrogen) atoms. The van der Waals surface area contributed by atoms with Crippen molar-refractivity contribution in [3.05, 3.63) is 51.7 Å². The van der Waals surface area contributed by atoms with Crippen molar-refractivity contribution in [1.29, 1.82) is 0 Å². The summed E-state index contributed by atoms with van der Waals surface area (Å²) in [4.78, 5) is 2.75. The lowest BCUT2D eigenvalue weighted by molar-refractivity contribution is 0.313. The molecule has 1 atom stereocenters. The topological polar surface area (TPSA) is 21.3 Å². The van der Waals surface area contributed by atoms with E-state index in [0.29, 0.717) is 12.5 Å². The number of rotatable bonds is 8. The second kappa shape index (κ2) is 8.20. The molecule has 114 valence electrons. The van der Waals surface area contributed by atoms with Crippen LogP contribution in [0.2, 0.25) is 0 Å². The molecule has 0 spiro atoms. The molecule has 0 amide bonds. The summed E-state index contributed by atoms with van der Waals surface area (Å²) in [7, 11) is 0. The van der Waals surface area contributed by atoms with Gasteiger partial charge in [0.15, 0.2) is 0 Å². The third kappa shape index (κ3) is 5.18. The van der Waals surface area contributed by atoms with Crippen LogP contribution >= 0.6 is 11.3 Å². The minimum atomic E-state index is 0.620. The molecule has 0 fully saturated rings. The molecule has 0 saturated carbocycles. The molecule has 1 aromatic heterocycles. The summed E-state index contributed by atoms with van der Waals surface area (Å²) in [6.07, 6.45) is 1.17. The Kier molecular flexibility index (Phi) is 6.27. The predicted molar refractivity (Wildman–Crippen MR) is 91.4 cm³/mol. The van der Waals surface area contributed by atoms with Crippen molar-refractivity contribution in [2.24, 2.45) is 0 Å². The van der Waals surface area contributed by atoms with Crippen LogP contribution in [-0.2, 0) is 6.54 Å². The van der Waals surface area contributed by atoms with Gasteiger partial charge in [0.2, 0.25) is 0 Å². The predicted octanol–water partition coefficient (Wildman–Crippen LogP) is 4.74. The van der Waals surface area contributed by atoms with Crippen LogP contribution in [0.3, 0.4) is 0 Å². The first-order valence-corrected chi connectivity index (χ1v) is 8.49. The van der Waals surface area contributed by atoms with E-state index in [-0.39, 0.29) is 0 Å². The molecule has 2 nitrogen and oxygen atoms in total. The van der Waals surface area contributed by atoms with E-state index in [2.05, 4.69) is 62.5 Å². The number of benzene rings is 1. The maximum absolute atomic E-state index is 5.76. The zero-order valence-electron chi connectivity index (χ0n) is 13.2. The van der Waals surface area contributed by atoms with E-state index in [4.69, 9.17) is 4.74 Å². The molecule has 0 radical (unpaired) electrons. The lowest BCUT2D eigenvalue weighted by Crippen LogP contribution is -2.20. The molecule has 0 bridgehead atoms. The minimum Gasteiger partial charge on any atom is -0.492 e. The molecule has 1 N–H and O–H groups in total. The molecule has 2 aromatic rings. The van der Waals surface area contributed by atoms with E-state index in [1.807, 2.05) is 11.3 Å². The van der Waals surface area contributed by atoms with Crippen molar-refractivity contribution in [2.45, 2.75) is 39.7 Å². The highest BCUT2D eigenvalue weighted by atomic mass is 32.1. The Labute approximate surface area is 132 Å². The molecule has 2 rings (SSSR count). The molecule has 1 aromatic carbocycles. The molecule has 0 saturated heterocycles. The molecule has 0 aliphatic carbocycles. The van der Waals surface area contributed by atoms with Crippen LogP contribution in [0.4, 0.5) is 0 Å². The summed E-state index contributed by atoms with van der Waals surface area (Å²) in [5, 5.41) is 3.41. The van der Waals surface area contributed by atoms with Gasteiger partial charge in [-0.1, -0.05) is 26.0 Å². The second-order valence-electron chi connectivity index (χ2n) is 5.42. The minimum absolute atomic E-state index is 0.620. The SMILES string of the molecule is CCC(C)c1ccc(OCCNCc2ccc(C)s2)cc1. The lowest BCUT2D eigenvalue weighted by atomic mass is 9.99. The third-order valence-corrected chi connectivity index (χ3v) is 4.70.